The van der Waals surface area contributed by atoms with E-state index >= 15 is 0 Å². The van der Waals surface area contributed by atoms with Crippen molar-refractivity contribution in [1.29, 1.82) is 0 Å². The first-order chi connectivity index (χ1) is 16.0. The van der Waals surface area contributed by atoms with Gasteiger partial charge in [0.25, 0.3) is 0 Å². The quantitative estimate of drug-likeness (QED) is 0.445. The van der Waals surface area contributed by atoms with E-state index in [2.05, 4.69) is 20.7 Å². The molecule has 0 aliphatic carbocycles. The van der Waals surface area contributed by atoms with E-state index in [0.717, 1.165) is 44.5 Å². The molecule has 33 heavy (non-hydrogen) atoms. The summed E-state index contributed by atoms with van der Waals surface area (Å²) in [5, 5.41) is 2.47. The van der Waals surface area contributed by atoms with Gasteiger partial charge in [0.1, 0.15) is 5.58 Å². The van der Waals surface area contributed by atoms with Crippen molar-refractivity contribution in [1.82, 2.24) is 14.6 Å². The van der Waals surface area contributed by atoms with E-state index < -0.39 is 10.0 Å². The number of piperidine rings is 1. The van der Waals surface area contributed by atoms with Crippen LogP contribution in [0.15, 0.2) is 70.3 Å². The first-order valence-electron chi connectivity index (χ1n) is 11.2. The molecule has 2 aromatic heterocycles. The zero-order valence-electron chi connectivity index (χ0n) is 18.5. The number of nitrogens with zero attached hydrogens (tertiary/aromatic N) is 2. The van der Waals surface area contributed by atoms with Gasteiger partial charge in [0.2, 0.25) is 15.9 Å². The topological polar surface area (TPSA) is 84.7 Å². The number of aromatic nitrogens is 1. The maximum atomic E-state index is 13.2. The normalized spacial score (nSPS) is 15.9. The molecule has 1 saturated heterocycles. The second kappa shape index (κ2) is 9.13. The van der Waals surface area contributed by atoms with Gasteiger partial charge < -0.3 is 14.1 Å². The maximum Gasteiger partial charge on any atom is 0.241 e. The van der Waals surface area contributed by atoms with Gasteiger partial charge in [-0.25, -0.2) is 18.1 Å². The lowest BCUT2D eigenvalue weighted by Crippen LogP contribution is -2.45. The van der Waals surface area contributed by atoms with E-state index in [1.54, 1.807) is 24.4 Å². The average molecular weight is 466 g/mol. The van der Waals surface area contributed by atoms with Crippen LogP contribution in [-0.4, -0.2) is 51.1 Å². The smallest absolute Gasteiger partial charge is 0.241 e. The molecule has 1 fully saturated rings. The van der Waals surface area contributed by atoms with E-state index in [0.29, 0.717) is 16.7 Å². The van der Waals surface area contributed by atoms with Crippen molar-refractivity contribution in [3.8, 4) is 5.88 Å². The molecule has 0 radical (unpaired) electrons. The summed E-state index contributed by atoms with van der Waals surface area (Å²) in [5.74, 6) is 0.420. The van der Waals surface area contributed by atoms with Gasteiger partial charge in [-0.1, -0.05) is 24.3 Å². The lowest BCUT2D eigenvalue weighted by atomic mass is 10.0. The molecule has 5 rings (SSSR count). The van der Waals surface area contributed by atoms with E-state index in [9.17, 15) is 8.42 Å². The highest BCUT2D eigenvalue weighted by molar-refractivity contribution is 7.89. The number of pyridine rings is 1. The minimum Gasteiger partial charge on any atom is -0.481 e. The van der Waals surface area contributed by atoms with Crippen molar-refractivity contribution in [2.45, 2.75) is 30.2 Å². The Morgan fingerprint density at radius 3 is 2.67 bits per heavy atom. The van der Waals surface area contributed by atoms with Gasteiger partial charge in [-0.15, -0.1) is 0 Å². The molecule has 0 amide bonds. The van der Waals surface area contributed by atoms with Gasteiger partial charge in [0.05, 0.1) is 18.3 Å². The van der Waals surface area contributed by atoms with Crippen molar-refractivity contribution >= 4 is 31.8 Å². The highest BCUT2D eigenvalue weighted by Gasteiger charge is 2.26. The molecular weight excluding hydrogens is 438 g/mol. The summed E-state index contributed by atoms with van der Waals surface area (Å²) in [6, 6.07) is 14.9. The minimum atomic E-state index is -3.67. The second-order valence-electron chi connectivity index (χ2n) is 8.42. The number of rotatable bonds is 7. The molecule has 0 unspecified atom stereocenters. The predicted molar refractivity (Wildman–Crippen MR) is 128 cm³/mol. The highest BCUT2D eigenvalue weighted by atomic mass is 32.2. The number of sulfonamides is 1. The number of furan rings is 1. The van der Waals surface area contributed by atoms with Crippen LogP contribution < -0.4 is 9.46 Å². The van der Waals surface area contributed by atoms with Crippen molar-refractivity contribution in [2.75, 3.05) is 26.7 Å². The molecule has 8 heteroatoms. The summed E-state index contributed by atoms with van der Waals surface area (Å²) in [5.41, 5.74) is 2.14. The SMILES string of the molecule is COc1nccc2c(S(=O)(=O)NC3CCN(CCc4coc5ccccc45)CC3)cccc12. The fourth-order valence-corrected chi connectivity index (χ4v) is 6.14. The summed E-state index contributed by atoms with van der Waals surface area (Å²) in [6.45, 7) is 2.64. The van der Waals surface area contributed by atoms with Crippen molar-refractivity contribution in [2.24, 2.45) is 0 Å². The number of nitrogens with one attached hydrogen (secondary N) is 1. The molecule has 2 aromatic carbocycles. The van der Waals surface area contributed by atoms with Crippen LogP contribution in [-0.2, 0) is 16.4 Å². The molecule has 1 N–H and O–H groups in total. The Morgan fingerprint density at radius 2 is 1.85 bits per heavy atom. The Bertz CT molecular complexity index is 1370. The van der Waals surface area contributed by atoms with E-state index in [4.69, 9.17) is 9.15 Å². The fraction of sp³-hybridized carbons (Fsp3) is 0.320. The van der Waals surface area contributed by atoms with Crippen LogP contribution in [0.25, 0.3) is 21.7 Å². The second-order valence-corrected chi connectivity index (χ2v) is 10.1. The lowest BCUT2D eigenvalue weighted by molar-refractivity contribution is 0.209. The first-order valence-corrected chi connectivity index (χ1v) is 12.6. The van der Waals surface area contributed by atoms with E-state index in [-0.39, 0.29) is 10.9 Å². The number of para-hydroxylation sites is 1. The van der Waals surface area contributed by atoms with Gasteiger partial charge in [0, 0.05) is 34.9 Å². The van der Waals surface area contributed by atoms with Gasteiger partial charge in [-0.05, 0) is 62.2 Å². The van der Waals surface area contributed by atoms with E-state index in [1.807, 2.05) is 30.5 Å². The molecule has 1 aliphatic rings. The average Bonchev–Trinajstić information content (AvgIpc) is 3.25. The summed E-state index contributed by atoms with van der Waals surface area (Å²) >= 11 is 0. The van der Waals surface area contributed by atoms with Crippen LogP contribution in [0, 0.1) is 0 Å². The molecule has 172 valence electrons. The predicted octanol–water partition coefficient (Wildman–Crippen LogP) is 3.98. The standard InChI is InChI=1S/C25H27N3O4S/c1-31-25-22-6-4-8-24(21(22)9-13-26-25)33(29,30)27-19-11-15-28(16-12-19)14-10-18-17-32-23-7-3-2-5-20(18)23/h2-9,13,17,19,27H,10-12,14-16H2,1H3. The van der Waals surface area contributed by atoms with Crippen LogP contribution in [0.5, 0.6) is 5.88 Å². The number of likely N-dealkylation sites (tertiary alicyclic amines) is 1. The summed E-state index contributed by atoms with van der Waals surface area (Å²) in [7, 11) is -2.13. The van der Waals surface area contributed by atoms with Crippen LogP contribution >= 0.6 is 0 Å². The first kappa shape index (κ1) is 21.9. The van der Waals surface area contributed by atoms with Crippen molar-refractivity contribution in [3.05, 3.63) is 66.6 Å². The zero-order chi connectivity index (χ0) is 22.8. The third-order valence-corrected chi connectivity index (χ3v) is 7.96. The van der Waals surface area contributed by atoms with Gasteiger partial charge in [0.15, 0.2) is 0 Å². The molecule has 0 bridgehead atoms. The number of ether oxygens (including phenoxy) is 1. The third kappa shape index (κ3) is 4.46. The Balaban J connectivity index is 1.22. The maximum absolute atomic E-state index is 13.2. The summed E-state index contributed by atoms with van der Waals surface area (Å²) < 4.78 is 40.3. The molecule has 4 aromatic rings. The third-order valence-electron chi connectivity index (χ3n) is 6.38. The van der Waals surface area contributed by atoms with Crippen LogP contribution in [0.3, 0.4) is 0 Å². The van der Waals surface area contributed by atoms with E-state index in [1.165, 1.54) is 18.1 Å². The van der Waals surface area contributed by atoms with Crippen molar-refractivity contribution in [3.63, 3.8) is 0 Å². The van der Waals surface area contributed by atoms with Crippen molar-refractivity contribution < 1.29 is 17.6 Å². The molecule has 0 atom stereocenters. The molecule has 3 heterocycles. The molecular formula is C25H27N3O4S. The number of benzene rings is 2. The number of methoxy groups -OCH3 is 1. The Kier molecular flexibility index (Phi) is 6.05. The number of fused-ring (bicyclic) bond motifs is 2. The van der Waals surface area contributed by atoms with Crippen LogP contribution in [0.1, 0.15) is 18.4 Å². The molecule has 0 saturated carbocycles. The summed E-state index contributed by atoms with van der Waals surface area (Å²) in [6.07, 6.45) is 5.89. The lowest BCUT2D eigenvalue weighted by Gasteiger charge is -2.32. The van der Waals surface area contributed by atoms with Gasteiger partial charge in [-0.2, -0.15) is 0 Å². The molecule has 0 spiro atoms. The monoisotopic (exact) mass is 465 g/mol. The Labute approximate surface area is 193 Å². The summed E-state index contributed by atoms with van der Waals surface area (Å²) in [4.78, 5) is 6.83. The minimum absolute atomic E-state index is 0.0833. The Hall–Kier alpha value is -2.94. The molecule has 1 aliphatic heterocycles. The molecule has 7 nitrogen and oxygen atoms in total. The Morgan fingerprint density at radius 1 is 1.06 bits per heavy atom. The fourth-order valence-electron chi connectivity index (χ4n) is 4.61. The highest BCUT2D eigenvalue weighted by Crippen LogP contribution is 2.29. The number of hydrogen-bond donors (Lipinski definition) is 1. The number of hydrogen-bond acceptors (Lipinski definition) is 6. The van der Waals surface area contributed by atoms with Crippen LogP contribution in [0.2, 0.25) is 0 Å². The van der Waals surface area contributed by atoms with Crippen LogP contribution in [0.4, 0.5) is 0 Å². The zero-order valence-corrected chi connectivity index (χ0v) is 19.3. The van der Waals surface area contributed by atoms with Gasteiger partial charge >= 0.3 is 0 Å². The largest absolute Gasteiger partial charge is 0.481 e. The van der Waals surface area contributed by atoms with Gasteiger partial charge in [-0.3, -0.25) is 0 Å².